The Balaban J connectivity index is 2.61. The van der Waals surface area contributed by atoms with Crippen LogP contribution >= 0.6 is 0 Å². The fourth-order valence-corrected chi connectivity index (χ4v) is 1.56. The summed E-state index contributed by atoms with van der Waals surface area (Å²) >= 11 is 0. The number of amides is 2. The Labute approximate surface area is 120 Å². The lowest BCUT2D eigenvalue weighted by atomic mass is 10.2. The standard InChI is InChI=1S/C13H17F3N2O3/c1-2-10(8-19)18-12(20)17-7-9-5-3-4-6-11(9)21-13(14,15)16/h3-6,10,19H,2,7-8H2,1H3,(H2,17,18,20). The number of carbonyl (C=O) groups is 1. The highest BCUT2D eigenvalue weighted by atomic mass is 19.4. The molecule has 1 aromatic carbocycles. The van der Waals surface area contributed by atoms with Gasteiger partial charge in [-0.25, -0.2) is 4.79 Å². The molecule has 0 bridgehead atoms. The lowest BCUT2D eigenvalue weighted by Gasteiger charge is -2.16. The zero-order valence-corrected chi connectivity index (χ0v) is 11.4. The first kappa shape index (κ1) is 17.1. The second-order valence-corrected chi connectivity index (χ2v) is 4.27. The van der Waals surface area contributed by atoms with Gasteiger partial charge in [-0.3, -0.25) is 0 Å². The number of hydrogen-bond donors (Lipinski definition) is 3. The molecule has 0 aliphatic carbocycles. The lowest BCUT2D eigenvalue weighted by Crippen LogP contribution is -2.43. The highest BCUT2D eigenvalue weighted by Gasteiger charge is 2.31. The van der Waals surface area contributed by atoms with Gasteiger partial charge in [-0.15, -0.1) is 13.2 Å². The average molecular weight is 306 g/mol. The maximum absolute atomic E-state index is 12.2. The number of alkyl halides is 3. The topological polar surface area (TPSA) is 70.6 Å². The van der Waals surface area contributed by atoms with Crippen LogP contribution in [0.2, 0.25) is 0 Å². The molecule has 1 atom stereocenters. The van der Waals surface area contributed by atoms with E-state index in [0.717, 1.165) is 0 Å². The molecule has 0 aliphatic rings. The highest BCUT2D eigenvalue weighted by molar-refractivity contribution is 5.74. The van der Waals surface area contributed by atoms with Crippen molar-refractivity contribution in [1.29, 1.82) is 0 Å². The van der Waals surface area contributed by atoms with Gasteiger partial charge in [-0.1, -0.05) is 25.1 Å². The Bertz CT molecular complexity index is 462. The molecule has 5 nitrogen and oxygen atoms in total. The number of aliphatic hydroxyl groups excluding tert-OH is 1. The molecule has 0 aromatic heterocycles. The minimum Gasteiger partial charge on any atom is -0.405 e. The third-order valence-electron chi connectivity index (χ3n) is 2.69. The van der Waals surface area contributed by atoms with Crippen molar-refractivity contribution in [2.75, 3.05) is 6.61 Å². The van der Waals surface area contributed by atoms with Crippen molar-refractivity contribution in [1.82, 2.24) is 10.6 Å². The van der Waals surface area contributed by atoms with Crippen LogP contribution in [0, 0.1) is 0 Å². The molecule has 118 valence electrons. The molecule has 0 aliphatic heterocycles. The number of aliphatic hydroxyl groups is 1. The number of halogens is 3. The maximum Gasteiger partial charge on any atom is 0.573 e. The molecule has 1 rings (SSSR count). The van der Waals surface area contributed by atoms with Crippen LogP contribution in [-0.2, 0) is 6.54 Å². The normalized spacial score (nSPS) is 12.6. The molecule has 0 spiro atoms. The van der Waals surface area contributed by atoms with E-state index in [0.29, 0.717) is 6.42 Å². The van der Waals surface area contributed by atoms with Gasteiger partial charge in [-0.05, 0) is 12.5 Å². The number of para-hydroxylation sites is 1. The summed E-state index contributed by atoms with van der Waals surface area (Å²) in [4.78, 5) is 11.5. The number of carbonyl (C=O) groups excluding carboxylic acids is 1. The van der Waals surface area contributed by atoms with Crippen LogP contribution in [0.25, 0.3) is 0 Å². The summed E-state index contributed by atoms with van der Waals surface area (Å²) in [5.41, 5.74) is 0.196. The molecule has 0 saturated heterocycles. The summed E-state index contributed by atoms with van der Waals surface area (Å²) < 4.78 is 40.6. The van der Waals surface area contributed by atoms with Crippen molar-refractivity contribution in [2.45, 2.75) is 32.3 Å². The largest absolute Gasteiger partial charge is 0.573 e. The minimum absolute atomic E-state index is 0.125. The van der Waals surface area contributed by atoms with E-state index < -0.39 is 18.4 Å². The van der Waals surface area contributed by atoms with E-state index >= 15 is 0 Å². The summed E-state index contributed by atoms with van der Waals surface area (Å²) in [5, 5.41) is 13.9. The third-order valence-corrected chi connectivity index (χ3v) is 2.69. The number of nitrogens with one attached hydrogen (secondary N) is 2. The second-order valence-electron chi connectivity index (χ2n) is 4.27. The van der Waals surface area contributed by atoms with Crippen molar-refractivity contribution in [2.24, 2.45) is 0 Å². The van der Waals surface area contributed by atoms with E-state index in [2.05, 4.69) is 15.4 Å². The summed E-state index contributed by atoms with van der Waals surface area (Å²) in [6.07, 6.45) is -4.25. The first-order chi connectivity index (χ1) is 9.85. The first-order valence-corrected chi connectivity index (χ1v) is 6.34. The van der Waals surface area contributed by atoms with Crippen LogP contribution in [0.5, 0.6) is 5.75 Å². The molecule has 1 unspecified atom stereocenters. The van der Waals surface area contributed by atoms with E-state index in [9.17, 15) is 18.0 Å². The molecule has 0 fully saturated rings. The van der Waals surface area contributed by atoms with E-state index in [-0.39, 0.29) is 24.5 Å². The molecule has 8 heteroatoms. The summed E-state index contributed by atoms with van der Waals surface area (Å²) in [7, 11) is 0. The number of hydrogen-bond acceptors (Lipinski definition) is 3. The SMILES string of the molecule is CCC(CO)NC(=O)NCc1ccccc1OC(F)(F)F. The Morgan fingerprint density at radius 2 is 2.05 bits per heavy atom. The van der Waals surface area contributed by atoms with Crippen LogP contribution < -0.4 is 15.4 Å². The van der Waals surface area contributed by atoms with E-state index in [1.807, 2.05) is 0 Å². The van der Waals surface area contributed by atoms with Crippen LogP contribution in [0.1, 0.15) is 18.9 Å². The van der Waals surface area contributed by atoms with Crippen molar-refractivity contribution >= 4 is 6.03 Å². The molecule has 3 N–H and O–H groups in total. The zero-order chi connectivity index (χ0) is 15.9. The van der Waals surface area contributed by atoms with Gasteiger partial charge in [0.1, 0.15) is 5.75 Å². The Hall–Kier alpha value is -1.96. The number of urea groups is 1. The Morgan fingerprint density at radius 3 is 2.62 bits per heavy atom. The molecule has 2 amide bonds. The summed E-state index contributed by atoms with van der Waals surface area (Å²) in [6, 6.07) is 4.57. The van der Waals surface area contributed by atoms with Crippen molar-refractivity contribution < 1.29 is 27.8 Å². The number of benzene rings is 1. The Kier molecular flexibility index (Phi) is 6.29. The smallest absolute Gasteiger partial charge is 0.405 e. The molecule has 0 radical (unpaired) electrons. The third kappa shape index (κ3) is 6.35. The molecule has 0 saturated carbocycles. The van der Waals surface area contributed by atoms with Crippen LogP contribution in [0.15, 0.2) is 24.3 Å². The summed E-state index contributed by atoms with van der Waals surface area (Å²) in [6.45, 7) is 1.45. The molecule has 0 heterocycles. The predicted octanol–water partition coefficient (Wildman–Crippen LogP) is 2.16. The van der Waals surface area contributed by atoms with Gasteiger partial charge < -0.3 is 20.5 Å². The van der Waals surface area contributed by atoms with Gasteiger partial charge in [-0.2, -0.15) is 0 Å². The van der Waals surface area contributed by atoms with Gasteiger partial charge >= 0.3 is 12.4 Å². The molecular formula is C13H17F3N2O3. The van der Waals surface area contributed by atoms with Gasteiger partial charge in [0, 0.05) is 12.1 Å². The highest BCUT2D eigenvalue weighted by Crippen LogP contribution is 2.25. The van der Waals surface area contributed by atoms with Crippen LogP contribution in [-0.4, -0.2) is 30.1 Å². The van der Waals surface area contributed by atoms with E-state index in [1.54, 1.807) is 13.0 Å². The average Bonchev–Trinajstić information content (AvgIpc) is 2.42. The predicted molar refractivity (Wildman–Crippen MR) is 69.7 cm³/mol. The zero-order valence-electron chi connectivity index (χ0n) is 11.4. The molecule has 1 aromatic rings. The van der Waals surface area contributed by atoms with Crippen molar-refractivity contribution in [3.63, 3.8) is 0 Å². The fourth-order valence-electron chi connectivity index (χ4n) is 1.56. The van der Waals surface area contributed by atoms with Gasteiger partial charge in [0.15, 0.2) is 0 Å². The van der Waals surface area contributed by atoms with Crippen LogP contribution in [0.3, 0.4) is 0 Å². The minimum atomic E-state index is -4.79. The van der Waals surface area contributed by atoms with Gasteiger partial charge in [0.05, 0.1) is 12.6 Å². The summed E-state index contributed by atoms with van der Waals surface area (Å²) in [5.74, 6) is -0.362. The number of rotatable bonds is 6. The molecule has 21 heavy (non-hydrogen) atoms. The van der Waals surface area contributed by atoms with Crippen LogP contribution in [0.4, 0.5) is 18.0 Å². The van der Waals surface area contributed by atoms with Crippen molar-refractivity contribution in [3.8, 4) is 5.75 Å². The number of ether oxygens (including phenoxy) is 1. The fraction of sp³-hybridized carbons (Fsp3) is 0.462. The first-order valence-electron chi connectivity index (χ1n) is 6.34. The van der Waals surface area contributed by atoms with E-state index in [4.69, 9.17) is 5.11 Å². The molecular weight excluding hydrogens is 289 g/mol. The quantitative estimate of drug-likeness (QED) is 0.754. The van der Waals surface area contributed by atoms with Gasteiger partial charge in [0.25, 0.3) is 0 Å². The maximum atomic E-state index is 12.2. The van der Waals surface area contributed by atoms with E-state index in [1.165, 1.54) is 18.2 Å². The monoisotopic (exact) mass is 306 g/mol. The lowest BCUT2D eigenvalue weighted by molar-refractivity contribution is -0.274. The van der Waals surface area contributed by atoms with Gasteiger partial charge in [0.2, 0.25) is 0 Å². The van der Waals surface area contributed by atoms with Crippen molar-refractivity contribution in [3.05, 3.63) is 29.8 Å². The Morgan fingerprint density at radius 1 is 1.38 bits per heavy atom. The second kappa shape index (κ2) is 7.72.